The van der Waals surface area contributed by atoms with Gasteiger partial charge in [-0.2, -0.15) is 11.3 Å². The Morgan fingerprint density at radius 2 is 2.25 bits per heavy atom. The number of rotatable bonds is 6. The predicted octanol–water partition coefficient (Wildman–Crippen LogP) is 2.92. The average Bonchev–Trinajstić information content (AvgIpc) is 2.92. The fraction of sp³-hybridized carbons (Fsp3) is 0.688. The molecule has 0 spiro atoms. The third-order valence-electron chi connectivity index (χ3n) is 4.16. The van der Waals surface area contributed by atoms with E-state index in [9.17, 15) is 4.79 Å². The topological polar surface area (TPSA) is 32.3 Å². The number of hydrogen-bond donors (Lipinski definition) is 1. The molecule has 2 heterocycles. The van der Waals surface area contributed by atoms with Crippen LogP contribution in [0.25, 0.3) is 0 Å². The molecular formula is C16H26N2OS. The Labute approximate surface area is 126 Å². The Balaban J connectivity index is 1.67. The molecular weight excluding hydrogens is 268 g/mol. The van der Waals surface area contributed by atoms with E-state index in [-0.39, 0.29) is 11.9 Å². The van der Waals surface area contributed by atoms with E-state index in [2.05, 4.69) is 40.9 Å². The van der Waals surface area contributed by atoms with Gasteiger partial charge in [-0.05, 0) is 74.1 Å². The number of nitrogens with one attached hydrogen (secondary N) is 1. The first kappa shape index (κ1) is 15.5. The molecule has 112 valence electrons. The smallest absolute Gasteiger partial charge is 0.220 e. The molecule has 3 nitrogen and oxygen atoms in total. The summed E-state index contributed by atoms with van der Waals surface area (Å²) in [6, 6.07) is 2.36. The predicted molar refractivity (Wildman–Crippen MR) is 85.1 cm³/mol. The number of thiophene rings is 1. The first-order valence-electron chi connectivity index (χ1n) is 7.70. The number of amides is 1. The van der Waals surface area contributed by atoms with Gasteiger partial charge in [-0.3, -0.25) is 4.79 Å². The van der Waals surface area contributed by atoms with Crippen LogP contribution in [0.15, 0.2) is 16.8 Å². The van der Waals surface area contributed by atoms with Crippen molar-refractivity contribution in [2.24, 2.45) is 5.92 Å². The van der Waals surface area contributed by atoms with Gasteiger partial charge >= 0.3 is 0 Å². The maximum Gasteiger partial charge on any atom is 0.220 e. The average molecular weight is 294 g/mol. The van der Waals surface area contributed by atoms with Crippen LogP contribution in [0.5, 0.6) is 0 Å². The lowest BCUT2D eigenvalue weighted by atomic mass is 9.93. The van der Waals surface area contributed by atoms with Crippen LogP contribution in [-0.4, -0.2) is 36.5 Å². The second-order valence-corrected chi connectivity index (χ2v) is 6.67. The van der Waals surface area contributed by atoms with Gasteiger partial charge in [-0.1, -0.05) is 6.92 Å². The first-order chi connectivity index (χ1) is 9.67. The van der Waals surface area contributed by atoms with Gasteiger partial charge in [0.1, 0.15) is 0 Å². The van der Waals surface area contributed by atoms with Gasteiger partial charge < -0.3 is 10.2 Å². The highest BCUT2D eigenvalue weighted by atomic mass is 32.1. The minimum atomic E-state index is 0.225. The maximum atomic E-state index is 12.1. The van der Waals surface area contributed by atoms with Crippen molar-refractivity contribution in [3.63, 3.8) is 0 Å². The molecule has 0 aromatic carbocycles. The van der Waals surface area contributed by atoms with E-state index < -0.39 is 0 Å². The van der Waals surface area contributed by atoms with Gasteiger partial charge in [0.25, 0.3) is 0 Å². The molecule has 0 aliphatic carbocycles. The van der Waals surface area contributed by atoms with E-state index in [1.165, 1.54) is 18.4 Å². The third-order valence-corrected chi connectivity index (χ3v) is 4.89. The van der Waals surface area contributed by atoms with Crippen LogP contribution in [0.3, 0.4) is 0 Å². The molecule has 1 aliphatic heterocycles. The summed E-state index contributed by atoms with van der Waals surface area (Å²) in [6.45, 7) is 7.74. The molecule has 4 heteroatoms. The summed E-state index contributed by atoms with van der Waals surface area (Å²) in [7, 11) is 0. The van der Waals surface area contributed by atoms with E-state index in [0.717, 1.165) is 26.1 Å². The van der Waals surface area contributed by atoms with Crippen molar-refractivity contribution in [2.45, 2.75) is 45.6 Å². The van der Waals surface area contributed by atoms with Crippen LogP contribution in [0, 0.1) is 5.92 Å². The van der Waals surface area contributed by atoms with Crippen LogP contribution in [-0.2, 0) is 11.2 Å². The Hall–Kier alpha value is -0.870. The zero-order valence-electron chi connectivity index (χ0n) is 12.6. The molecule has 1 aliphatic rings. The van der Waals surface area contributed by atoms with E-state index in [1.807, 2.05) is 0 Å². The van der Waals surface area contributed by atoms with Crippen molar-refractivity contribution in [1.82, 2.24) is 10.2 Å². The number of piperidine rings is 1. The van der Waals surface area contributed by atoms with Crippen LogP contribution in [0.4, 0.5) is 0 Å². The van der Waals surface area contributed by atoms with Gasteiger partial charge in [0.2, 0.25) is 5.91 Å². The summed E-state index contributed by atoms with van der Waals surface area (Å²) < 4.78 is 0. The minimum absolute atomic E-state index is 0.225. The van der Waals surface area contributed by atoms with Gasteiger partial charge in [0, 0.05) is 12.5 Å². The fourth-order valence-electron chi connectivity index (χ4n) is 2.92. The van der Waals surface area contributed by atoms with Crippen molar-refractivity contribution < 1.29 is 4.79 Å². The van der Waals surface area contributed by atoms with E-state index in [1.54, 1.807) is 11.3 Å². The van der Waals surface area contributed by atoms with Crippen molar-refractivity contribution in [2.75, 3.05) is 19.6 Å². The molecule has 1 N–H and O–H groups in total. The highest BCUT2D eigenvalue weighted by molar-refractivity contribution is 7.07. The third kappa shape index (κ3) is 4.91. The van der Waals surface area contributed by atoms with Crippen molar-refractivity contribution >= 4 is 17.2 Å². The fourth-order valence-corrected chi connectivity index (χ4v) is 3.60. The molecule has 1 amide bonds. The SMILES string of the molecule is CCN1CCC(CC(=O)N[C@@H](C)Cc2ccsc2)CC1. The molecule has 0 radical (unpaired) electrons. The maximum absolute atomic E-state index is 12.1. The number of carbonyl (C=O) groups excluding carboxylic acids is 1. The highest BCUT2D eigenvalue weighted by Crippen LogP contribution is 2.20. The lowest BCUT2D eigenvalue weighted by Crippen LogP contribution is -2.38. The normalized spacial score (nSPS) is 18.9. The molecule has 2 rings (SSSR count). The molecule has 0 saturated carbocycles. The Morgan fingerprint density at radius 3 is 2.85 bits per heavy atom. The summed E-state index contributed by atoms with van der Waals surface area (Å²) in [4.78, 5) is 14.5. The molecule has 0 unspecified atom stereocenters. The lowest BCUT2D eigenvalue weighted by Gasteiger charge is -2.30. The summed E-state index contributed by atoms with van der Waals surface area (Å²) >= 11 is 1.71. The summed E-state index contributed by atoms with van der Waals surface area (Å²) in [6.07, 6.45) is 3.97. The van der Waals surface area contributed by atoms with Crippen LogP contribution >= 0.6 is 11.3 Å². The van der Waals surface area contributed by atoms with Gasteiger partial charge in [0.05, 0.1) is 0 Å². The summed E-state index contributed by atoms with van der Waals surface area (Å²) in [5, 5.41) is 7.39. The van der Waals surface area contributed by atoms with E-state index >= 15 is 0 Å². The second kappa shape index (κ2) is 7.79. The zero-order valence-corrected chi connectivity index (χ0v) is 13.4. The number of nitrogens with zero attached hydrogens (tertiary/aromatic N) is 1. The molecule has 1 aromatic heterocycles. The van der Waals surface area contributed by atoms with Gasteiger partial charge in [0.15, 0.2) is 0 Å². The standard InChI is InChI=1S/C16H26N2OS/c1-3-18-7-4-14(5-8-18)11-16(19)17-13(2)10-15-6-9-20-12-15/h6,9,12-14H,3-5,7-8,10-11H2,1-2H3,(H,17,19)/t13-/m0/s1. The van der Waals surface area contributed by atoms with E-state index in [4.69, 9.17) is 0 Å². The van der Waals surface area contributed by atoms with E-state index in [0.29, 0.717) is 12.3 Å². The Bertz CT molecular complexity index is 397. The number of likely N-dealkylation sites (tertiary alicyclic amines) is 1. The van der Waals surface area contributed by atoms with Gasteiger partial charge in [-0.15, -0.1) is 0 Å². The zero-order chi connectivity index (χ0) is 14.4. The molecule has 1 fully saturated rings. The monoisotopic (exact) mass is 294 g/mol. The highest BCUT2D eigenvalue weighted by Gasteiger charge is 2.21. The minimum Gasteiger partial charge on any atom is -0.353 e. The lowest BCUT2D eigenvalue weighted by molar-refractivity contribution is -0.122. The Kier molecular flexibility index (Phi) is 6.05. The summed E-state index contributed by atoms with van der Waals surface area (Å²) in [5.74, 6) is 0.800. The molecule has 20 heavy (non-hydrogen) atoms. The first-order valence-corrected chi connectivity index (χ1v) is 8.64. The Morgan fingerprint density at radius 1 is 1.50 bits per heavy atom. The molecule has 1 saturated heterocycles. The van der Waals surface area contributed by atoms with Crippen molar-refractivity contribution in [3.05, 3.63) is 22.4 Å². The van der Waals surface area contributed by atoms with Crippen LogP contribution in [0.2, 0.25) is 0 Å². The molecule has 1 atom stereocenters. The molecule has 0 bridgehead atoms. The largest absolute Gasteiger partial charge is 0.353 e. The molecule has 1 aromatic rings. The van der Waals surface area contributed by atoms with Crippen molar-refractivity contribution in [1.29, 1.82) is 0 Å². The van der Waals surface area contributed by atoms with Crippen LogP contribution < -0.4 is 5.32 Å². The van der Waals surface area contributed by atoms with Crippen LogP contribution in [0.1, 0.15) is 38.7 Å². The number of carbonyl (C=O) groups is 1. The number of hydrogen-bond acceptors (Lipinski definition) is 3. The summed E-state index contributed by atoms with van der Waals surface area (Å²) in [5.41, 5.74) is 1.32. The quantitative estimate of drug-likeness (QED) is 0.875. The van der Waals surface area contributed by atoms with Gasteiger partial charge in [-0.25, -0.2) is 0 Å². The van der Waals surface area contributed by atoms with Crippen molar-refractivity contribution in [3.8, 4) is 0 Å². The second-order valence-electron chi connectivity index (χ2n) is 5.89.